The number of piperazine rings is 1. The molecule has 1 saturated heterocycles. The second-order valence-electron chi connectivity index (χ2n) is 5.41. The predicted octanol–water partition coefficient (Wildman–Crippen LogP) is 1.36. The summed E-state index contributed by atoms with van der Waals surface area (Å²) in [4.78, 5) is 25.6. The van der Waals surface area contributed by atoms with E-state index >= 15 is 0 Å². The third kappa shape index (κ3) is 2.61. The van der Waals surface area contributed by atoms with E-state index in [-0.39, 0.29) is 17.7 Å². The SMILES string of the molecule is O=C1CN(c2ccccc2NC(=O)C2CCC2)CCN1. The van der Waals surface area contributed by atoms with Crippen LogP contribution in [0.15, 0.2) is 24.3 Å². The molecule has 0 atom stereocenters. The predicted molar refractivity (Wildman–Crippen MR) is 77.6 cm³/mol. The number of hydrogen-bond acceptors (Lipinski definition) is 3. The number of nitrogens with one attached hydrogen (secondary N) is 2. The van der Waals surface area contributed by atoms with Gasteiger partial charge in [-0.25, -0.2) is 0 Å². The standard InChI is InChI=1S/C15H19N3O2/c19-14-10-18(9-8-16-14)13-7-2-1-6-12(13)17-15(20)11-4-3-5-11/h1-2,6-7,11H,3-5,8-10H2,(H,16,19)(H,17,20). The van der Waals surface area contributed by atoms with Gasteiger partial charge in [0, 0.05) is 19.0 Å². The van der Waals surface area contributed by atoms with Crippen LogP contribution in [-0.4, -0.2) is 31.4 Å². The number of carbonyl (C=O) groups is 2. The molecule has 3 rings (SSSR count). The molecule has 0 aromatic heterocycles. The van der Waals surface area contributed by atoms with Crippen molar-refractivity contribution in [3.8, 4) is 0 Å². The van der Waals surface area contributed by atoms with E-state index in [2.05, 4.69) is 10.6 Å². The fraction of sp³-hybridized carbons (Fsp3) is 0.467. The lowest BCUT2D eigenvalue weighted by Crippen LogP contribution is -2.48. The van der Waals surface area contributed by atoms with Crippen molar-refractivity contribution in [2.24, 2.45) is 5.92 Å². The number of amides is 2. The maximum atomic E-state index is 12.1. The van der Waals surface area contributed by atoms with Crippen molar-refractivity contribution in [1.82, 2.24) is 5.32 Å². The molecule has 5 nitrogen and oxygen atoms in total. The Labute approximate surface area is 118 Å². The van der Waals surface area contributed by atoms with Gasteiger partial charge in [0.15, 0.2) is 0 Å². The lowest BCUT2D eigenvalue weighted by molar-refractivity contribution is -0.122. The Morgan fingerprint density at radius 2 is 2.10 bits per heavy atom. The molecule has 20 heavy (non-hydrogen) atoms. The molecule has 1 saturated carbocycles. The maximum absolute atomic E-state index is 12.1. The number of hydrogen-bond donors (Lipinski definition) is 2. The average molecular weight is 273 g/mol. The average Bonchev–Trinajstić information content (AvgIpc) is 2.37. The molecule has 1 aromatic carbocycles. The quantitative estimate of drug-likeness (QED) is 0.874. The molecule has 1 heterocycles. The third-order valence-electron chi connectivity index (χ3n) is 4.02. The molecule has 5 heteroatoms. The first-order chi connectivity index (χ1) is 9.74. The fourth-order valence-corrected chi connectivity index (χ4v) is 2.60. The van der Waals surface area contributed by atoms with E-state index in [1.165, 1.54) is 0 Å². The summed E-state index contributed by atoms with van der Waals surface area (Å²) >= 11 is 0. The molecule has 2 aliphatic rings. The smallest absolute Gasteiger partial charge is 0.239 e. The van der Waals surface area contributed by atoms with Gasteiger partial charge in [0.25, 0.3) is 0 Å². The van der Waals surface area contributed by atoms with E-state index in [0.717, 1.165) is 37.2 Å². The van der Waals surface area contributed by atoms with Crippen molar-refractivity contribution in [3.63, 3.8) is 0 Å². The van der Waals surface area contributed by atoms with Gasteiger partial charge >= 0.3 is 0 Å². The first kappa shape index (κ1) is 13.0. The molecule has 0 bridgehead atoms. The van der Waals surface area contributed by atoms with Crippen molar-refractivity contribution in [2.45, 2.75) is 19.3 Å². The Balaban J connectivity index is 1.76. The minimum atomic E-state index is 0.0244. The van der Waals surface area contributed by atoms with Crippen molar-refractivity contribution in [1.29, 1.82) is 0 Å². The van der Waals surface area contributed by atoms with Gasteiger partial charge < -0.3 is 15.5 Å². The summed E-state index contributed by atoms with van der Waals surface area (Å²) in [5, 5.41) is 5.82. The van der Waals surface area contributed by atoms with E-state index < -0.39 is 0 Å². The molecular formula is C15H19N3O2. The Hall–Kier alpha value is -2.04. The first-order valence-electron chi connectivity index (χ1n) is 7.15. The van der Waals surface area contributed by atoms with Crippen molar-refractivity contribution < 1.29 is 9.59 Å². The number of anilines is 2. The minimum Gasteiger partial charge on any atom is -0.359 e. The largest absolute Gasteiger partial charge is 0.359 e. The minimum absolute atomic E-state index is 0.0244. The van der Waals surface area contributed by atoms with Crippen LogP contribution in [0.2, 0.25) is 0 Å². The van der Waals surface area contributed by atoms with Gasteiger partial charge in [-0.15, -0.1) is 0 Å². The van der Waals surface area contributed by atoms with Gasteiger partial charge in [-0.1, -0.05) is 18.6 Å². The lowest BCUT2D eigenvalue weighted by atomic mass is 9.85. The van der Waals surface area contributed by atoms with E-state index in [9.17, 15) is 9.59 Å². The van der Waals surface area contributed by atoms with Crippen LogP contribution in [0.4, 0.5) is 11.4 Å². The monoisotopic (exact) mass is 273 g/mol. The molecule has 2 fully saturated rings. The van der Waals surface area contributed by atoms with Gasteiger partial charge in [0.05, 0.1) is 17.9 Å². The van der Waals surface area contributed by atoms with E-state index in [1.807, 2.05) is 29.2 Å². The summed E-state index contributed by atoms with van der Waals surface area (Å²) in [7, 11) is 0. The summed E-state index contributed by atoms with van der Waals surface area (Å²) in [6.45, 7) is 1.75. The Morgan fingerprint density at radius 3 is 2.80 bits per heavy atom. The van der Waals surface area contributed by atoms with Crippen molar-refractivity contribution in [3.05, 3.63) is 24.3 Å². The number of carbonyl (C=O) groups excluding carboxylic acids is 2. The first-order valence-corrected chi connectivity index (χ1v) is 7.15. The van der Waals surface area contributed by atoms with Crippen LogP contribution in [0.5, 0.6) is 0 Å². The molecule has 106 valence electrons. The number of benzene rings is 1. The zero-order valence-corrected chi connectivity index (χ0v) is 11.4. The fourth-order valence-electron chi connectivity index (χ4n) is 2.60. The molecule has 0 spiro atoms. The molecule has 1 aliphatic heterocycles. The van der Waals surface area contributed by atoms with Crippen LogP contribution < -0.4 is 15.5 Å². The van der Waals surface area contributed by atoms with E-state index in [0.29, 0.717) is 13.1 Å². The van der Waals surface area contributed by atoms with Crippen LogP contribution in [0.3, 0.4) is 0 Å². The van der Waals surface area contributed by atoms with Crippen LogP contribution in [-0.2, 0) is 9.59 Å². The van der Waals surface area contributed by atoms with Gasteiger partial charge in [-0.2, -0.15) is 0 Å². The maximum Gasteiger partial charge on any atom is 0.239 e. The summed E-state index contributed by atoms with van der Waals surface area (Å²) in [6.07, 6.45) is 3.12. The Kier molecular flexibility index (Phi) is 3.58. The molecule has 2 amide bonds. The molecule has 0 radical (unpaired) electrons. The molecule has 2 N–H and O–H groups in total. The summed E-state index contributed by atoms with van der Waals surface area (Å²) in [5.74, 6) is 0.286. The summed E-state index contributed by atoms with van der Waals surface area (Å²) in [6, 6.07) is 7.69. The van der Waals surface area contributed by atoms with Gasteiger partial charge in [0.2, 0.25) is 11.8 Å². The Bertz CT molecular complexity index is 526. The highest BCUT2D eigenvalue weighted by Gasteiger charge is 2.26. The second kappa shape index (κ2) is 5.53. The van der Waals surface area contributed by atoms with Crippen LogP contribution >= 0.6 is 0 Å². The number of nitrogens with zero attached hydrogens (tertiary/aromatic N) is 1. The number of para-hydroxylation sites is 2. The second-order valence-corrected chi connectivity index (χ2v) is 5.41. The van der Waals surface area contributed by atoms with Crippen LogP contribution in [0, 0.1) is 5.92 Å². The molecule has 1 aliphatic carbocycles. The third-order valence-corrected chi connectivity index (χ3v) is 4.02. The summed E-state index contributed by atoms with van der Waals surface area (Å²) in [5.41, 5.74) is 1.73. The lowest BCUT2D eigenvalue weighted by Gasteiger charge is -2.31. The zero-order chi connectivity index (χ0) is 13.9. The van der Waals surface area contributed by atoms with Gasteiger partial charge in [0.1, 0.15) is 0 Å². The highest BCUT2D eigenvalue weighted by Crippen LogP contribution is 2.30. The highest BCUT2D eigenvalue weighted by atomic mass is 16.2. The normalized spacial score (nSPS) is 19.2. The zero-order valence-electron chi connectivity index (χ0n) is 11.4. The number of rotatable bonds is 3. The van der Waals surface area contributed by atoms with Crippen molar-refractivity contribution >= 4 is 23.2 Å². The van der Waals surface area contributed by atoms with E-state index in [1.54, 1.807) is 0 Å². The van der Waals surface area contributed by atoms with Gasteiger partial charge in [-0.3, -0.25) is 9.59 Å². The molecular weight excluding hydrogens is 254 g/mol. The highest BCUT2D eigenvalue weighted by molar-refractivity contribution is 5.97. The summed E-state index contributed by atoms with van der Waals surface area (Å²) < 4.78 is 0. The van der Waals surface area contributed by atoms with Crippen molar-refractivity contribution in [2.75, 3.05) is 29.9 Å². The molecule has 0 unspecified atom stereocenters. The molecule has 1 aromatic rings. The Morgan fingerprint density at radius 1 is 1.30 bits per heavy atom. The van der Waals surface area contributed by atoms with Crippen LogP contribution in [0.1, 0.15) is 19.3 Å². The van der Waals surface area contributed by atoms with E-state index in [4.69, 9.17) is 0 Å². The van der Waals surface area contributed by atoms with Gasteiger partial charge in [-0.05, 0) is 25.0 Å². The van der Waals surface area contributed by atoms with Crippen LogP contribution in [0.25, 0.3) is 0 Å². The topological polar surface area (TPSA) is 61.4 Å².